The Morgan fingerprint density at radius 3 is 2.92 bits per heavy atom. The number of rotatable bonds is 5. The summed E-state index contributed by atoms with van der Waals surface area (Å²) in [5.74, 6) is 2.46. The Morgan fingerprint density at radius 2 is 2.15 bits per heavy atom. The van der Waals surface area contributed by atoms with E-state index in [0.29, 0.717) is 12.5 Å². The minimum Gasteiger partial charge on any atom is -0.494 e. The van der Waals surface area contributed by atoms with Crippen LogP contribution >= 0.6 is 0 Å². The number of hydrogen-bond donors (Lipinski definition) is 1. The van der Waals surface area contributed by atoms with Crippen LogP contribution in [0, 0.1) is 0 Å². The largest absolute Gasteiger partial charge is 0.494 e. The summed E-state index contributed by atoms with van der Waals surface area (Å²) in [5.41, 5.74) is 3.86. The molecule has 0 unspecified atom stereocenters. The number of aromatic nitrogens is 2. The molecule has 1 N–H and O–H groups in total. The Hall–Kier alpha value is -1.98. The standard InChI is InChI=1S/C21H28N4O/c1-2-26-19-7-5-16(6-8-19)14-25-11-9-20-18(15-25)13-23-21(24-20)17-4-3-10-22-12-17/h5-8,13,17,22H,2-4,9-12,14-15H2,1H3/t17-/m0/s1. The van der Waals surface area contributed by atoms with Crippen LogP contribution in [0.3, 0.4) is 0 Å². The van der Waals surface area contributed by atoms with Gasteiger partial charge < -0.3 is 10.1 Å². The van der Waals surface area contributed by atoms with Gasteiger partial charge in [0.25, 0.3) is 0 Å². The summed E-state index contributed by atoms with van der Waals surface area (Å²) in [7, 11) is 0. The molecule has 138 valence electrons. The molecule has 2 aliphatic rings. The highest BCUT2D eigenvalue weighted by Gasteiger charge is 2.22. The first-order valence-electron chi connectivity index (χ1n) is 9.81. The smallest absolute Gasteiger partial charge is 0.132 e. The molecular weight excluding hydrogens is 324 g/mol. The summed E-state index contributed by atoms with van der Waals surface area (Å²) < 4.78 is 5.52. The van der Waals surface area contributed by atoms with Crippen LogP contribution in [0.15, 0.2) is 30.5 Å². The van der Waals surface area contributed by atoms with Gasteiger partial charge in [-0.25, -0.2) is 9.97 Å². The molecule has 0 radical (unpaired) electrons. The van der Waals surface area contributed by atoms with Gasteiger partial charge in [0.2, 0.25) is 0 Å². The first-order valence-corrected chi connectivity index (χ1v) is 9.81. The van der Waals surface area contributed by atoms with Crippen LogP contribution < -0.4 is 10.1 Å². The lowest BCUT2D eigenvalue weighted by Gasteiger charge is -2.29. The van der Waals surface area contributed by atoms with Crippen LogP contribution in [0.1, 0.15) is 48.3 Å². The molecule has 26 heavy (non-hydrogen) atoms. The molecule has 1 fully saturated rings. The van der Waals surface area contributed by atoms with E-state index in [9.17, 15) is 0 Å². The van der Waals surface area contributed by atoms with E-state index in [1.165, 1.54) is 29.7 Å². The van der Waals surface area contributed by atoms with Gasteiger partial charge in [0.05, 0.1) is 6.61 Å². The molecule has 5 heteroatoms. The van der Waals surface area contributed by atoms with E-state index in [0.717, 1.165) is 50.7 Å². The molecule has 4 rings (SSSR count). The summed E-state index contributed by atoms with van der Waals surface area (Å²) in [6, 6.07) is 8.45. The lowest BCUT2D eigenvalue weighted by Crippen LogP contribution is -2.32. The molecule has 5 nitrogen and oxygen atoms in total. The molecule has 1 atom stereocenters. The molecule has 1 saturated heterocycles. The second-order valence-corrected chi connectivity index (χ2v) is 7.28. The van der Waals surface area contributed by atoms with E-state index in [2.05, 4.69) is 40.7 Å². The van der Waals surface area contributed by atoms with Crippen molar-refractivity contribution < 1.29 is 4.74 Å². The van der Waals surface area contributed by atoms with Crippen LogP contribution in [-0.2, 0) is 19.5 Å². The van der Waals surface area contributed by atoms with Gasteiger partial charge in [0.15, 0.2) is 0 Å². The molecule has 0 bridgehead atoms. The lowest BCUT2D eigenvalue weighted by atomic mass is 9.98. The molecule has 2 aromatic rings. The average molecular weight is 352 g/mol. The Labute approximate surface area is 155 Å². The average Bonchev–Trinajstić information content (AvgIpc) is 2.70. The number of ether oxygens (including phenoxy) is 1. The monoisotopic (exact) mass is 352 g/mol. The zero-order valence-corrected chi connectivity index (χ0v) is 15.6. The lowest BCUT2D eigenvalue weighted by molar-refractivity contribution is 0.242. The van der Waals surface area contributed by atoms with Crippen molar-refractivity contribution in [1.82, 2.24) is 20.2 Å². The first kappa shape index (κ1) is 17.4. The van der Waals surface area contributed by atoms with Gasteiger partial charge in [-0.15, -0.1) is 0 Å². The highest BCUT2D eigenvalue weighted by Crippen LogP contribution is 2.24. The normalized spacial score (nSPS) is 20.6. The van der Waals surface area contributed by atoms with Crippen LogP contribution in [-0.4, -0.2) is 41.1 Å². The maximum atomic E-state index is 5.52. The van der Waals surface area contributed by atoms with Crippen LogP contribution in [0.2, 0.25) is 0 Å². The Kier molecular flexibility index (Phi) is 5.46. The predicted molar refractivity (Wildman–Crippen MR) is 102 cm³/mol. The number of nitrogens with one attached hydrogen (secondary N) is 1. The highest BCUT2D eigenvalue weighted by atomic mass is 16.5. The number of piperidine rings is 1. The van der Waals surface area contributed by atoms with Crippen molar-refractivity contribution in [1.29, 1.82) is 0 Å². The number of hydrogen-bond acceptors (Lipinski definition) is 5. The van der Waals surface area contributed by atoms with E-state index in [1.54, 1.807) is 0 Å². The maximum absolute atomic E-state index is 5.52. The van der Waals surface area contributed by atoms with Crippen LogP contribution in [0.5, 0.6) is 5.75 Å². The first-order chi connectivity index (χ1) is 12.8. The number of benzene rings is 1. The summed E-state index contributed by atoms with van der Waals surface area (Å²) >= 11 is 0. The van der Waals surface area contributed by atoms with Crippen molar-refractivity contribution in [2.75, 3.05) is 26.2 Å². The van der Waals surface area contributed by atoms with Gasteiger partial charge in [-0.3, -0.25) is 4.90 Å². The van der Waals surface area contributed by atoms with E-state index in [1.807, 2.05) is 6.92 Å². The fourth-order valence-electron chi connectivity index (χ4n) is 3.91. The molecule has 3 heterocycles. The molecule has 1 aromatic carbocycles. The Balaban J connectivity index is 1.39. The third-order valence-electron chi connectivity index (χ3n) is 5.33. The second-order valence-electron chi connectivity index (χ2n) is 7.28. The van der Waals surface area contributed by atoms with Gasteiger partial charge in [-0.05, 0) is 44.0 Å². The topological polar surface area (TPSA) is 50.3 Å². The fourth-order valence-corrected chi connectivity index (χ4v) is 3.91. The Morgan fingerprint density at radius 1 is 1.27 bits per heavy atom. The molecule has 0 amide bonds. The van der Waals surface area contributed by atoms with Crippen molar-refractivity contribution in [3.05, 3.63) is 53.1 Å². The van der Waals surface area contributed by atoms with Gasteiger partial charge in [0, 0.05) is 56.0 Å². The van der Waals surface area contributed by atoms with Crippen LogP contribution in [0.25, 0.3) is 0 Å². The van der Waals surface area contributed by atoms with E-state index >= 15 is 0 Å². The highest BCUT2D eigenvalue weighted by molar-refractivity contribution is 5.28. The van der Waals surface area contributed by atoms with Crippen LogP contribution in [0.4, 0.5) is 0 Å². The second kappa shape index (κ2) is 8.14. The van der Waals surface area contributed by atoms with Crippen molar-refractivity contribution in [2.45, 2.75) is 45.2 Å². The van der Waals surface area contributed by atoms with Gasteiger partial charge in [0.1, 0.15) is 11.6 Å². The molecular formula is C21H28N4O. The summed E-state index contributed by atoms with van der Waals surface area (Å²) in [4.78, 5) is 12.1. The van der Waals surface area contributed by atoms with E-state index in [4.69, 9.17) is 14.7 Å². The zero-order valence-electron chi connectivity index (χ0n) is 15.6. The third-order valence-corrected chi connectivity index (χ3v) is 5.33. The quantitative estimate of drug-likeness (QED) is 0.897. The number of nitrogens with zero attached hydrogens (tertiary/aromatic N) is 3. The Bertz CT molecular complexity index is 725. The molecule has 2 aliphatic heterocycles. The molecule has 0 aliphatic carbocycles. The zero-order chi connectivity index (χ0) is 17.8. The minimum absolute atomic E-state index is 0.482. The van der Waals surface area contributed by atoms with Gasteiger partial charge in [-0.2, -0.15) is 0 Å². The molecule has 0 spiro atoms. The van der Waals surface area contributed by atoms with Crippen molar-refractivity contribution in [3.63, 3.8) is 0 Å². The third kappa shape index (κ3) is 4.05. The summed E-state index contributed by atoms with van der Waals surface area (Å²) in [6.07, 6.45) is 5.51. The van der Waals surface area contributed by atoms with Gasteiger partial charge in [-0.1, -0.05) is 12.1 Å². The molecule has 1 aromatic heterocycles. The summed E-state index contributed by atoms with van der Waals surface area (Å²) in [6.45, 7) is 7.81. The summed E-state index contributed by atoms with van der Waals surface area (Å²) in [5, 5.41) is 3.46. The van der Waals surface area contributed by atoms with Crippen molar-refractivity contribution >= 4 is 0 Å². The van der Waals surface area contributed by atoms with Crippen molar-refractivity contribution in [3.8, 4) is 5.75 Å². The van der Waals surface area contributed by atoms with E-state index in [-0.39, 0.29) is 0 Å². The molecule has 0 saturated carbocycles. The number of fused-ring (bicyclic) bond motifs is 1. The van der Waals surface area contributed by atoms with Gasteiger partial charge >= 0.3 is 0 Å². The maximum Gasteiger partial charge on any atom is 0.132 e. The minimum atomic E-state index is 0.482. The van der Waals surface area contributed by atoms with Crippen molar-refractivity contribution in [2.24, 2.45) is 0 Å². The SMILES string of the molecule is CCOc1ccc(CN2CCc3nc([C@H]4CCCNC4)ncc3C2)cc1. The fraction of sp³-hybridized carbons (Fsp3) is 0.524. The predicted octanol–water partition coefficient (Wildman–Crippen LogP) is 2.90. The van der Waals surface area contributed by atoms with E-state index < -0.39 is 0 Å².